The summed E-state index contributed by atoms with van der Waals surface area (Å²) in [7, 11) is 1.69. The fourth-order valence-corrected chi connectivity index (χ4v) is 1.30. The highest BCUT2D eigenvalue weighted by molar-refractivity contribution is 5.46. The monoisotopic (exact) mass is 183 g/mol. The molecule has 13 heavy (non-hydrogen) atoms. The maximum atomic E-state index is 4.94. The van der Waals surface area contributed by atoms with Gasteiger partial charge in [0.05, 0.1) is 6.61 Å². The van der Waals surface area contributed by atoms with Crippen molar-refractivity contribution >= 4 is 5.82 Å². The summed E-state index contributed by atoms with van der Waals surface area (Å²) in [6.07, 6.45) is 0.998. The average Bonchev–Trinajstić information content (AvgIpc) is 2.47. The van der Waals surface area contributed by atoms with E-state index in [9.17, 15) is 0 Å². The number of hydrogen-bond donors (Lipinski definition) is 2. The number of H-pyrrole nitrogens is 1. The molecule has 74 valence electrons. The highest BCUT2D eigenvalue weighted by Crippen LogP contribution is 2.15. The van der Waals surface area contributed by atoms with Gasteiger partial charge < -0.3 is 10.1 Å². The van der Waals surface area contributed by atoms with Gasteiger partial charge in [0.15, 0.2) is 5.82 Å². The lowest BCUT2D eigenvalue weighted by molar-refractivity contribution is 0.210. The first-order valence-electron chi connectivity index (χ1n) is 4.56. The van der Waals surface area contributed by atoms with E-state index in [4.69, 9.17) is 4.74 Å². The van der Waals surface area contributed by atoms with E-state index in [1.165, 1.54) is 5.56 Å². The molecule has 1 rings (SSSR count). The summed E-state index contributed by atoms with van der Waals surface area (Å²) in [6.45, 7) is 5.66. The number of aromatic amines is 1. The van der Waals surface area contributed by atoms with Gasteiger partial charge in [-0.3, -0.25) is 5.10 Å². The molecule has 0 saturated heterocycles. The molecule has 0 aliphatic carbocycles. The van der Waals surface area contributed by atoms with Gasteiger partial charge in [-0.1, -0.05) is 6.92 Å². The van der Waals surface area contributed by atoms with Crippen molar-refractivity contribution in [3.63, 3.8) is 0 Å². The Balaban J connectivity index is 2.55. The standard InChI is InChI=1S/C9H17N3O/c1-4-8-7(2)11-12-9(8)10-5-6-13-3/h4-6H2,1-3H3,(H2,10,11,12). The number of nitrogens with zero attached hydrogens (tertiary/aromatic N) is 1. The van der Waals surface area contributed by atoms with Gasteiger partial charge in [-0.05, 0) is 13.3 Å². The highest BCUT2D eigenvalue weighted by Gasteiger charge is 2.06. The van der Waals surface area contributed by atoms with Crippen LogP contribution in [0.15, 0.2) is 0 Å². The minimum Gasteiger partial charge on any atom is -0.383 e. The van der Waals surface area contributed by atoms with Crippen molar-refractivity contribution < 1.29 is 4.74 Å². The van der Waals surface area contributed by atoms with Gasteiger partial charge in [0.1, 0.15) is 0 Å². The Morgan fingerprint density at radius 2 is 2.31 bits per heavy atom. The molecular weight excluding hydrogens is 166 g/mol. The van der Waals surface area contributed by atoms with Crippen molar-refractivity contribution in [1.29, 1.82) is 0 Å². The van der Waals surface area contributed by atoms with E-state index in [-0.39, 0.29) is 0 Å². The molecule has 0 fully saturated rings. The topological polar surface area (TPSA) is 49.9 Å². The molecule has 1 aromatic rings. The molecule has 0 amide bonds. The quantitative estimate of drug-likeness (QED) is 0.677. The van der Waals surface area contributed by atoms with E-state index in [0.29, 0.717) is 6.61 Å². The Labute approximate surface area is 78.7 Å². The molecule has 0 saturated carbocycles. The zero-order chi connectivity index (χ0) is 9.68. The molecule has 0 atom stereocenters. The van der Waals surface area contributed by atoms with Gasteiger partial charge in [-0.15, -0.1) is 0 Å². The largest absolute Gasteiger partial charge is 0.383 e. The second kappa shape index (κ2) is 4.87. The van der Waals surface area contributed by atoms with Gasteiger partial charge in [0.25, 0.3) is 0 Å². The molecule has 4 nitrogen and oxygen atoms in total. The molecule has 1 heterocycles. The van der Waals surface area contributed by atoms with Crippen molar-refractivity contribution in [2.75, 3.05) is 25.6 Å². The van der Waals surface area contributed by atoms with Crippen molar-refractivity contribution in [1.82, 2.24) is 10.2 Å². The van der Waals surface area contributed by atoms with Crippen LogP contribution in [0.2, 0.25) is 0 Å². The zero-order valence-corrected chi connectivity index (χ0v) is 8.48. The summed E-state index contributed by atoms with van der Waals surface area (Å²) < 4.78 is 4.94. The second-order valence-electron chi connectivity index (χ2n) is 2.95. The number of anilines is 1. The van der Waals surface area contributed by atoms with Crippen molar-refractivity contribution in [2.24, 2.45) is 0 Å². The van der Waals surface area contributed by atoms with Gasteiger partial charge in [0, 0.05) is 24.9 Å². The summed E-state index contributed by atoms with van der Waals surface area (Å²) in [4.78, 5) is 0. The van der Waals surface area contributed by atoms with Gasteiger partial charge in [-0.25, -0.2) is 0 Å². The van der Waals surface area contributed by atoms with Crippen LogP contribution in [0.25, 0.3) is 0 Å². The molecule has 0 radical (unpaired) electrons. The Morgan fingerprint density at radius 3 is 2.92 bits per heavy atom. The lowest BCUT2D eigenvalue weighted by Gasteiger charge is -2.03. The van der Waals surface area contributed by atoms with Crippen molar-refractivity contribution in [3.8, 4) is 0 Å². The maximum absolute atomic E-state index is 4.94. The van der Waals surface area contributed by atoms with E-state index >= 15 is 0 Å². The molecule has 0 spiro atoms. The van der Waals surface area contributed by atoms with Crippen LogP contribution in [-0.4, -0.2) is 30.5 Å². The van der Waals surface area contributed by atoms with E-state index < -0.39 is 0 Å². The Morgan fingerprint density at radius 1 is 1.54 bits per heavy atom. The number of hydrogen-bond acceptors (Lipinski definition) is 3. The van der Waals surface area contributed by atoms with E-state index in [1.54, 1.807) is 7.11 Å². The number of rotatable bonds is 5. The third-order valence-electron chi connectivity index (χ3n) is 2.03. The summed E-state index contributed by atoms with van der Waals surface area (Å²) in [6, 6.07) is 0. The van der Waals surface area contributed by atoms with Gasteiger partial charge in [0.2, 0.25) is 0 Å². The van der Waals surface area contributed by atoms with Crippen LogP contribution in [0.5, 0.6) is 0 Å². The van der Waals surface area contributed by atoms with Crippen LogP contribution < -0.4 is 5.32 Å². The molecule has 4 heteroatoms. The van der Waals surface area contributed by atoms with Gasteiger partial charge in [-0.2, -0.15) is 5.10 Å². The number of aromatic nitrogens is 2. The first-order chi connectivity index (χ1) is 6.29. The Bertz CT molecular complexity index is 257. The van der Waals surface area contributed by atoms with Crippen LogP contribution in [0, 0.1) is 6.92 Å². The average molecular weight is 183 g/mol. The van der Waals surface area contributed by atoms with Crippen LogP contribution >= 0.6 is 0 Å². The highest BCUT2D eigenvalue weighted by atomic mass is 16.5. The van der Waals surface area contributed by atoms with E-state index in [0.717, 1.165) is 24.5 Å². The molecule has 0 unspecified atom stereocenters. The van der Waals surface area contributed by atoms with Crippen LogP contribution in [0.4, 0.5) is 5.82 Å². The Hall–Kier alpha value is -1.03. The minimum atomic E-state index is 0.703. The minimum absolute atomic E-state index is 0.703. The second-order valence-corrected chi connectivity index (χ2v) is 2.95. The fraction of sp³-hybridized carbons (Fsp3) is 0.667. The van der Waals surface area contributed by atoms with E-state index in [1.807, 2.05) is 6.92 Å². The number of aryl methyl sites for hydroxylation is 1. The number of nitrogens with one attached hydrogen (secondary N) is 2. The SMILES string of the molecule is CCc1c(NCCOC)n[nH]c1C. The molecule has 0 aliphatic rings. The summed E-state index contributed by atoms with van der Waals surface area (Å²) >= 11 is 0. The molecular formula is C9H17N3O. The lowest BCUT2D eigenvalue weighted by atomic mass is 10.2. The van der Waals surface area contributed by atoms with Crippen LogP contribution in [0.1, 0.15) is 18.2 Å². The van der Waals surface area contributed by atoms with E-state index in [2.05, 4.69) is 22.4 Å². The summed E-state index contributed by atoms with van der Waals surface area (Å²) in [5, 5.41) is 10.3. The molecule has 2 N–H and O–H groups in total. The summed E-state index contributed by atoms with van der Waals surface area (Å²) in [5.41, 5.74) is 2.40. The lowest BCUT2D eigenvalue weighted by Crippen LogP contribution is -2.09. The summed E-state index contributed by atoms with van der Waals surface area (Å²) in [5.74, 6) is 0.956. The molecule has 0 bridgehead atoms. The van der Waals surface area contributed by atoms with Crippen molar-refractivity contribution in [2.45, 2.75) is 20.3 Å². The smallest absolute Gasteiger partial charge is 0.151 e. The first-order valence-corrected chi connectivity index (χ1v) is 4.56. The maximum Gasteiger partial charge on any atom is 0.151 e. The van der Waals surface area contributed by atoms with Gasteiger partial charge >= 0.3 is 0 Å². The predicted molar refractivity (Wildman–Crippen MR) is 53.1 cm³/mol. The predicted octanol–water partition coefficient (Wildman–Crippen LogP) is 1.34. The molecule has 0 aliphatic heterocycles. The third kappa shape index (κ3) is 2.45. The first kappa shape index (κ1) is 10.1. The molecule has 1 aromatic heterocycles. The molecule has 0 aromatic carbocycles. The van der Waals surface area contributed by atoms with Crippen molar-refractivity contribution in [3.05, 3.63) is 11.3 Å². The fourth-order valence-electron chi connectivity index (χ4n) is 1.30. The van der Waals surface area contributed by atoms with Crippen LogP contribution in [0.3, 0.4) is 0 Å². The van der Waals surface area contributed by atoms with Crippen LogP contribution in [-0.2, 0) is 11.2 Å². The number of ether oxygens (including phenoxy) is 1. The zero-order valence-electron chi connectivity index (χ0n) is 8.48. The Kier molecular flexibility index (Phi) is 3.76. The normalized spacial score (nSPS) is 10.4. The number of methoxy groups -OCH3 is 1. The third-order valence-corrected chi connectivity index (χ3v) is 2.03.